The second-order valence-corrected chi connectivity index (χ2v) is 6.65. The Morgan fingerprint density at radius 2 is 1.89 bits per heavy atom. The fourth-order valence-corrected chi connectivity index (χ4v) is 3.36. The molecule has 0 spiro atoms. The van der Waals surface area contributed by atoms with Crippen LogP contribution in [0.15, 0.2) is 73.2 Å². The van der Waals surface area contributed by atoms with Gasteiger partial charge in [0.2, 0.25) is 0 Å². The van der Waals surface area contributed by atoms with Crippen LogP contribution in [0.4, 0.5) is 5.69 Å². The lowest BCUT2D eigenvalue weighted by Gasteiger charge is -2.23. The largest absolute Gasteiger partial charge is 0.505 e. The summed E-state index contributed by atoms with van der Waals surface area (Å²) in [6.45, 7) is 2.03. The van der Waals surface area contributed by atoms with Crippen LogP contribution in [0.3, 0.4) is 0 Å². The van der Waals surface area contributed by atoms with Gasteiger partial charge in [0.25, 0.3) is 0 Å². The Bertz CT molecular complexity index is 1110. The highest BCUT2D eigenvalue weighted by atomic mass is 16.5. The molecule has 1 atom stereocenters. The first kappa shape index (κ1) is 17.8. The molecule has 28 heavy (non-hydrogen) atoms. The number of nitrogens with zero attached hydrogens (tertiary/aromatic N) is 2. The average molecular weight is 371 g/mol. The van der Waals surface area contributed by atoms with Crippen molar-refractivity contribution in [3.63, 3.8) is 0 Å². The SMILES string of the molecule is COc1ccc(C)cc1NC(c1cccnc1)c1ccc2cccnc2c1O. The number of benzene rings is 2. The summed E-state index contributed by atoms with van der Waals surface area (Å²) in [6, 6.07) is 17.2. The smallest absolute Gasteiger partial charge is 0.147 e. The van der Waals surface area contributed by atoms with Gasteiger partial charge in [-0.1, -0.05) is 30.3 Å². The Balaban J connectivity index is 1.86. The zero-order valence-electron chi connectivity index (χ0n) is 15.8. The highest BCUT2D eigenvalue weighted by Gasteiger charge is 2.21. The number of phenolic OH excluding ortho intramolecular Hbond substituents is 1. The molecule has 0 aliphatic heterocycles. The van der Waals surface area contributed by atoms with E-state index in [-0.39, 0.29) is 11.8 Å². The van der Waals surface area contributed by atoms with Crippen molar-refractivity contribution in [2.24, 2.45) is 0 Å². The summed E-state index contributed by atoms with van der Waals surface area (Å²) >= 11 is 0. The molecule has 2 N–H and O–H groups in total. The first-order valence-corrected chi connectivity index (χ1v) is 9.05. The van der Waals surface area contributed by atoms with Crippen LogP contribution in [-0.2, 0) is 0 Å². The minimum absolute atomic E-state index is 0.158. The van der Waals surface area contributed by atoms with Crippen LogP contribution < -0.4 is 10.1 Å². The lowest BCUT2D eigenvalue weighted by molar-refractivity contribution is 0.416. The van der Waals surface area contributed by atoms with Crippen molar-refractivity contribution in [1.29, 1.82) is 0 Å². The summed E-state index contributed by atoms with van der Waals surface area (Å²) in [5.74, 6) is 0.893. The molecule has 4 rings (SSSR count). The summed E-state index contributed by atoms with van der Waals surface area (Å²) in [5, 5.41) is 15.4. The second-order valence-electron chi connectivity index (χ2n) is 6.65. The molecule has 0 amide bonds. The maximum absolute atomic E-state index is 11.0. The number of ether oxygens (including phenoxy) is 1. The number of fused-ring (bicyclic) bond motifs is 1. The molecule has 140 valence electrons. The summed E-state index contributed by atoms with van der Waals surface area (Å²) in [4.78, 5) is 8.61. The molecule has 2 aromatic heterocycles. The highest BCUT2D eigenvalue weighted by molar-refractivity contribution is 5.86. The van der Waals surface area contributed by atoms with Gasteiger partial charge in [-0.05, 0) is 42.3 Å². The van der Waals surface area contributed by atoms with Gasteiger partial charge in [0, 0.05) is 29.5 Å². The number of aromatic hydroxyl groups is 1. The van der Waals surface area contributed by atoms with Crippen LogP contribution in [0.25, 0.3) is 10.9 Å². The number of pyridine rings is 2. The summed E-state index contributed by atoms with van der Waals surface area (Å²) < 4.78 is 5.52. The molecule has 0 saturated heterocycles. The minimum atomic E-state index is -0.323. The molecular formula is C23H21N3O2. The fourth-order valence-electron chi connectivity index (χ4n) is 3.36. The Kier molecular flexibility index (Phi) is 4.81. The third-order valence-corrected chi connectivity index (χ3v) is 4.76. The lowest BCUT2D eigenvalue weighted by atomic mass is 9.97. The van der Waals surface area contributed by atoms with Crippen molar-refractivity contribution in [2.45, 2.75) is 13.0 Å². The Hall–Kier alpha value is -3.60. The predicted molar refractivity (Wildman–Crippen MR) is 111 cm³/mol. The van der Waals surface area contributed by atoms with E-state index < -0.39 is 0 Å². The number of aromatic nitrogens is 2. The molecule has 2 aromatic carbocycles. The van der Waals surface area contributed by atoms with Crippen LogP contribution in [0.5, 0.6) is 11.5 Å². The zero-order chi connectivity index (χ0) is 19.5. The van der Waals surface area contributed by atoms with E-state index in [1.807, 2.05) is 61.5 Å². The average Bonchev–Trinajstić information content (AvgIpc) is 2.74. The highest BCUT2D eigenvalue weighted by Crippen LogP contribution is 2.38. The van der Waals surface area contributed by atoms with E-state index in [0.29, 0.717) is 5.52 Å². The van der Waals surface area contributed by atoms with Crippen LogP contribution in [0.1, 0.15) is 22.7 Å². The second kappa shape index (κ2) is 7.56. The summed E-state index contributed by atoms with van der Waals surface area (Å²) in [7, 11) is 1.65. The number of rotatable bonds is 5. The lowest BCUT2D eigenvalue weighted by Crippen LogP contribution is -2.14. The van der Waals surface area contributed by atoms with E-state index in [9.17, 15) is 5.11 Å². The Labute approximate surface area is 163 Å². The predicted octanol–water partition coefficient (Wildman–Crippen LogP) is 4.85. The van der Waals surface area contributed by atoms with Crippen molar-refractivity contribution >= 4 is 16.6 Å². The fraction of sp³-hybridized carbons (Fsp3) is 0.130. The van der Waals surface area contributed by atoms with Crippen molar-refractivity contribution in [3.8, 4) is 11.5 Å². The van der Waals surface area contributed by atoms with Gasteiger partial charge in [-0.3, -0.25) is 9.97 Å². The normalized spacial score (nSPS) is 11.9. The zero-order valence-corrected chi connectivity index (χ0v) is 15.8. The molecule has 1 unspecified atom stereocenters. The number of methoxy groups -OCH3 is 1. The number of anilines is 1. The first-order valence-electron chi connectivity index (χ1n) is 9.05. The van der Waals surface area contributed by atoms with E-state index in [1.54, 1.807) is 25.7 Å². The van der Waals surface area contributed by atoms with E-state index >= 15 is 0 Å². The van der Waals surface area contributed by atoms with Crippen LogP contribution in [-0.4, -0.2) is 22.2 Å². The standard InChI is InChI=1S/C23H21N3O2/c1-15-7-10-20(28-2)19(13-15)26-21(17-6-3-11-24-14-17)18-9-8-16-5-4-12-25-22(16)23(18)27/h3-14,21,26-27H,1-2H3. The van der Waals surface area contributed by atoms with Gasteiger partial charge in [-0.15, -0.1) is 0 Å². The van der Waals surface area contributed by atoms with Crippen molar-refractivity contribution in [3.05, 3.63) is 89.9 Å². The Morgan fingerprint density at radius 3 is 2.68 bits per heavy atom. The van der Waals surface area contributed by atoms with Crippen molar-refractivity contribution in [2.75, 3.05) is 12.4 Å². The van der Waals surface area contributed by atoms with Crippen LogP contribution in [0, 0.1) is 6.92 Å². The Morgan fingerprint density at radius 1 is 1.04 bits per heavy atom. The summed E-state index contributed by atoms with van der Waals surface area (Å²) in [6.07, 6.45) is 5.21. The van der Waals surface area contributed by atoms with E-state index in [1.165, 1.54) is 0 Å². The topological polar surface area (TPSA) is 67.3 Å². The molecule has 2 heterocycles. The van der Waals surface area contributed by atoms with Crippen molar-refractivity contribution < 1.29 is 9.84 Å². The maximum Gasteiger partial charge on any atom is 0.147 e. The maximum atomic E-state index is 11.0. The quantitative estimate of drug-likeness (QED) is 0.525. The number of hydrogen-bond donors (Lipinski definition) is 2. The number of aryl methyl sites for hydroxylation is 1. The molecule has 0 saturated carbocycles. The van der Waals surface area contributed by atoms with Crippen LogP contribution >= 0.6 is 0 Å². The van der Waals surface area contributed by atoms with Gasteiger partial charge >= 0.3 is 0 Å². The van der Waals surface area contributed by atoms with Gasteiger partial charge in [-0.25, -0.2) is 0 Å². The number of nitrogens with one attached hydrogen (secondary N) is 1. The molecule has 0 radical (unpaired) electrons. The van der Waals surface area contributed by atoms with Crippen LogP contribution in [0.2, 0.25) is 0 Å². The molecule has 0 bridgehead atoms. The first-order chi connectivity index (χ1) is 13.7. The van der Waals surface area contributed by atoms with E-state index in [2.05, 4.69) is 15.3 Å². The molecule has 0 aliphatic carbocycles. The van der Waals surface area contributed by atoms with E-state index in [4.69, 9.17) is 4.74 Å². The van der Waals surface area contributed by atoms with Gasteiger partial charge in [0.1, 0.15) is 17.0 Å². The van der Waals surface area contributed by atoms with Crippen molar-refractivity contribution in [1.82, 2.24) is 9.97 Å². The monoisotopic (exact) mass is 371 g/mol. The van der Waals surface area contributed by atoms with Gasteiger partial charge in [0.15, 0.2) is 0 Å². The molecule has 0 fully saturated rings. The molecular weight excluding hydrogens is 350 g/mol. The molecule has 5 heteroatoms. The third kappa shape index (κ3) is 3.34. The third-order valence-electron chi connectivity index (χ3n) is 4.76. The van der Waals surface area contributed by atoms with Gasteiger partial charge < -0.3 is 15.2 Å². The number of phenols is 1. The van der Waals surface area contributed by atoms with Gasteiger partial charge in [0.05, 0.1) is 18.8 Å². The minimum Gasteiger partial charge on any atom is -0.505 e. The molecule has 4 aromatic rings. The van der Waals surface area contributed by atoms with E-state index in [0.717, 1.165) is 33.5 Å². The molecule has 0 aliphatic rings. The molecule has 5 nitrogen and oxygen atoms in total. The van der Waals surface area contributed by atoms with Gasteiger partial charge in [-0.2, -0.15) is 0 Å². The summed E-state index contributed by atoms with van der Waals surface area (Å²) in [5.41, 5.74) is 4.18. The number of hydrogen-bond acceptors (Lipinski definition) is 5.